The number of nitrogens with one attached hydrogen (secondary N) is 1. The minimum Gasteiger partial charge on any atom is -0.375 e. The van der Waals surface area contributed by atoms with Crippen LogP contribution in [-0.2, 0) is 10.5 Å². The molecule has 1 amide bonds. The van der Waals surface area contributed by atoms with E-state index < -0.39 is 0 Å². The Morgan fingerprint density at radius 3 is 2.96 bits per heavy atom. The van der Waals surface area contributed by atoms with E-state index in [4.69, 9.17) is 0 Å². The van der Waals surface area contributed by atoms with E-state index in [2.05, 4.69) is 27.3 Å². The van der Waals surface area contributed by atoms with Crippen molar-refractivity contribution < 1.29 is 4.79 Å². The van der Waals surface area contributed by atoms with Crippen LogP contribution in [0.25, 0.3) is 4.96 Å². The van der Waals surface area contributed by atoms with Gasteiger partial charge >= 0.3 is 0 Å². The van der Waals surface area contributed by atoms with E-state index >= 15 is 0 Å². The second-order valence-corrected chi connectivity index (χ2v) is 7.95. The van der Waals surface area contributed by atoms with Gasteiger partial charge in [0, 0.05) is 49.2 Å². The third-order valence-corrected chi connectivity index (χ3v) is 5.75. The molecule has 27 heavy (non-hydrogen) atoms. The number of rotatable bonds is 9. The van der Waals surface area contributed by atoms with Gasteiger partial charge < -0.3 is 10.2 Å². The zero-order valence-corrected chi connectivity index (χ0v) is 16.8. The predicted octanol–water partition coefficient (Wildman–Crippen LogP) is 2.63. The second-order valence-electron chi connectivity index (χ2n) is 6.09. The number of fused-ring (bicyclic) bond motifs is 1. The van der Waals surface area contributed by atoms with Crippen LogP contribution in [0, 0.1) is 0 Å². The summed E-state index contributed by atoms with van der Waals surface area (Å²) in [7, 11) is 2.05. The molecule has 2 heterocycles. The molecular formula is C19H22N4O2S2. The van der Waals surface area contributed by atoms with Crippen molar-refractivity contribution in [3.63, 3.8) is 0 Å². The molecule has 1 N–H and O–H groups in total. The van der Waals surface area contributed by atoms with E-state index in [0.717, 1.165) is 13.0 Å². The lowest BCUT2D eigenvalue weighted by atomic mass is 10.3. The fraction of sp³-hybridized carbons (Fsp3) is 0.316. The Kier molecular flexibility index (Phi) is 6.89. The van der Waals surface area contributed by atoms with E-state index in [1.807, 2.05) is 30.6 Å². The molecule has 0 saturated heterocycles. The molecule has 2 aromatic heterocycles. The number of thioether (sulfide) groups is 1. The van der Waals surface area contributed by atoms with Crippen LogP contribution in [0.1, 0.15) is 12.1 Å². The first-order valence-corrected chi connectivity index (χ1v) is 10.7. The fourth-order valence-corrected chi connectivity index (χ4v) is 4.10. The number of anilines is 1. The minimum absolute atomic E-state index is 0.0105. The SMILES string of the molecule is CN(CCCNC(=O)CSCc1cc(=O)n2ccsc2n1)c1ccccc1. The van der Waals surface area contributed by atoms with Crippen LogP contribution in [0.3, 0.4) is 0 Å². The molecule has 0 aliphatic rings. The molecule has 0 aliphatic carbocycles. The molecule has 0 bridgehead atoms. The molecule has 0 radical (unpaired) electrons. The molecule has 6 nitrogen and oxygen atoms in total. The number of carbonyl (C=O) groups is 1. The molecule has 3 rings (SSSR count). The second kappa shape index (κ2) is 9.57. The zero-order valence-electron chi connectivity index (χ0n) is 15.1. The van der Waals surface area contributed by atoms with Crippen LogP contribution in [0.2, 0.25) is 0 Å². The van der Waals surface area contributed by atoms with Crippen molar-refractivity contribution in [3.8, 4) is 0 Å². The predicted molar refractivity (Wildman–Crippen MR) is 113 cm³/mol. The highest BCUT2D eigenvalue weighted by Crippen LogP contribution is 2.12. The van der Waals surface area contributed by atoms with Gasteiger partial charge in [0.15, 0.2) is 4.96 Å². The van der Waals surface area contributed by atoms with E-state index in [1.54, 1.807) is 6.20 Å². The first-order chi connectivity index (χ1) is 13.1. The van der Waals surface area contributed by atoms with Gasteiger partial charge in [0.2, 0.25) is 5.91 Å². The maximum atomic E-state index is 12.0. The van der Waals surface area contributed by atoms with Crippen molar-refractivity contribution in [3.05, 3.63) is 64.0 Å². The number of para-hydroxylation sites is 1. The van der Waals surface area contributed by atoms with Crippen molar-refractivity contribution in [2.24, 2.45) is 0 Å². The van der Waals surface area contributed by atoms with E-state index in [0.29, 0.717) is 28.7 Å². The Bertz CT molecular complexity index is 940. The standard InChI is InChI=1S/C19H22N4O2S2/c1-22(16-6-3-2-4-7-16)9-5-8-20-17(24)14-26-13-15-12-18(25)23-10-11-27-19(23)21-15/h2-4,6-7,10-12H,5,8-9,13-14H2,1H3,(H,20,24). The normalized spacial score (nSPS) is 10.9. The Morgan fingerprint density at radius 1 is 1.33 bits per heavy atom. The van der Waals surface area contributed by atoms with Gasteiger partial charge in [-0.1, -0.05) is 18.2 Å². The first kappa shape index (κ1) is 19.4. The molecule has 0 unspecified atom stereocenters. The number of carbonyl (C=O) groups excluding carboxylic acids is 1. The van der Waals surface area contributed by atoms with Crippen LogP contribution in [0.5, 0.6) is 0 Å². The van der Waals surface area contributed by atoms with Gasteiger partial charge in [-0.15, -0.1) is 23.1 Å². The summed E-state index contributed by atoms with van der Waals surface area (Å²) in [5.74, 6) is 0.921. The van der Waals surface area contributed by atoms with Crippen molar-refractivity contribution in [2.45, 2.75) is 12.2 Å². The number of benzene rings is 1. The molecule has 0 aliphatic heterocycles. The molecule has 142 valence electrons. The van der Waals surface area contributed by atoms with Crippen molar-refractivity contribution in [1.29, 1.82) is 0 Å². The van der Waals surface area contributed by atoms with E-state index in [-0.39, 0.29) is 11.5 Å². The van der Waals surface area contributed by atoms with Crippen LogP contribution >= 0.6 is 23.1 Å². The van der Waals surface area contributed by atoms with Gasteiger partial charge in [-0.05, 0) is 18.6 Å². The molecule has 1 aromatic carbocycles. The van der Waals surface area contributed by atoms with E-state index in [9.17, 15) is 9.59 Å². The van der Waals surface area contributed by atoms with Gasteiger partial charge in [-0.25, -0.2) is 4.98 Å². The first-order valence-electron chi connectivity index (χ1n) is 8.70. The number of aromatic nitrogens is 2. The largest absolute Gasteiger partial charge is 0.375 e. The summed E-state index contributed by atoms with van der Waals surface area (Å²) in [6, 6.07) is 11.7. The summed E-state index contributed by atoms with van der Waals surface area (Å²) >= 11 is 2.90. The summed E-state index contributed by atoms with van der Waals surface area (Å²) in [6.45, 7) is 1.53. The summed E-state index contributed by atoms with van der Waals surface area (Å²) < 4.78 is 1.53. The Balaban J connectivity index is 1.34. The highest BCUT2D eigenvalue weighted by Gasteiger charge is 2.06. The van der Waals surface area contributed by atoms with Gasteiger partial charge in [-0.2, -0.15) is 0 Å². The summed E-state index contributed by atoms with van der Waals surface area (Å²) in [4.78, 5) is 31.2. The number of amides is 1. The number of hydrogen-bond donors (Lipinski definition) is 1. The third kappa shape index (κ3) is 5.58. The number of hydrogen-bond acceptors (Lipinski definition) is 6. The summed E-state index contributed by atoms with van der Waals surface area (Å²) in [6.07, 6.45) is 2.60. The van der Waals surface area contributed by atoms with Crippen molar-refractivity contribution in [2.75, 3.05) is 30.8 Å². The Morgan fingerprint density at radius 2 is 2.15 bits per heavy atom. The lowest BCUT2D eigenvalue weighted by Crippen LogP contribution is -2.29. The van der Waals surface area contributed by atoms with Crippen molar-refractivity contribution in [1.82, 2.24) is 14.7 Å². The molecule has 0 saturated carbocycles. The van der Waals surface area contributed by atoms with Gasteiger partial charge in [0.25, 0.3) is 5.56 Å². The number of thiazole rings is 1. The van der Waals surface area contributed by atoms with Gasteiger partial charge in [0.05, 0.1) is 11.4 Å². The molecule has 3 aromatic rings. The summed E-state index contributed by atoms with van der Waals surface area (Å²) in [5, 5.41) is 4.78. The average molecular weight is 403 g/mol. The van der Waals surface area contributed by atoms with Crippen LogP contribution < -0.4 is 15.8 Å². The Hall–Kier alpha value is -2.32. The average Bonchev–Trinajstić information content (AvgIpc) is 3.15. The zero-order chi connectivity index (χ0) is 19.1. The van der Waals surface area contributed by atoms with Gasteiger partial charge in [-0.3, -0.25) is 14.0 Å². The monoisotopic (exact) mass is 402 g/mol. The quantitative estimate of drug-likeness (QED) is 0.558. The van der Waals surface area contributed by atoms with Crippen molar-refractivity contribution >= 4 is 39.7 Å². The minimum atomic E-state index is -0.0798. The molecule has 0 fully saturated rings. The molecule has 8 heteroatoms. The lowest BCUT2D eigenvalue weighted by molar-refractivity contribution is -0.118. The molecule has 0 atom stereocenters. The maximum Gasteiger partial charge on any atom is 0.258 e. The van der Waals surface area contributed by atoms with Crippen LogP contribution in [-0.4, -0.2) is 41.2 Å². The lowest BCUT2D eigenvalue weighted by Gasteiger charge is -2.19. The smallest absolute Gasteiger partial charge is 0.258 e. The van der Waals surface area contributed by atoms with Crippen LogP contribution in [0.4, 0.5) is 5.69 Å². The summed E-state index contributed by atoms with van der Waals surface area (Å²) in [5.41, 5.74) is 1.80. The number of nitrogens with zero attached hydrogens (tertiary/aromatic N) is 3. The van der Waals surface area contributed by atoms with Crippen LogP contribution in [0.15, 0.2) is 52.8 Å². The highest BCUT2D eigenvalue weighted by atomic mass is 32.2. The molecule has 0 spiro atoms. The Labute approximate surface area is 166 Å². The highest BCUT2D eigenvalue weighted by molar-refractivity contribution is 7.99. The molecular weight excluding hydrogens is 380 g/mol. The fourth-order valence-electron chi connectivity index (χ4n) is 2.62. The maximum absolute atomic E-state index is 12.0. The van der Waals surface area contributed by atoms with E-state index in [1.165, 1.54) is 39.3 Å². The van der Waals surface area contributed by atoms with Gasteiger partial charge in [0.1, 0.15) is 0 Å². The third-order valence-electron chi connectivity index (χ3n) is 4.03. The topological polar surface area (TPSA) is 66.7 Å².